The molecule has 0 fully saturated rings. The fourth-order valence-corrected chi connectivity index (χ4v) is 0.462. The number of nitrogens with two attached hydrogens (primary N) is 1. The molecule has 0 spiro atoms. The molecule has 0 rings (SSSR count). The number of amides is 2. The zero-order chi connectivity index (χ0) is 8.85. The van der Waals surface area contributed by atoms with Crippen LogP contribution >= 0.6 is 0 Å². The molecule has 0 saturated carbocycles. The average Bonchev–Trinajstić information content (AvgIpc) is 2.02. The highest BCUT2D eigenvalue weighted by atomic mass is 16.2. The van der Waals surface area contributed by atoms with Gasteiger partial charge in [0.05, 0.1) is 6.07 Å². The summed E-state index contributed by atoms with van der Waals surface area (Å²) in [4.78, 5) is 21.4. The van der Waals surface area contributed by atoms with Gasteiger partial charge < -0.3 is 0 Å². The van der Waals surface area contributed by atoms with Gasteiger partial charge in [-0.2, -0.15) is 5.26 Å². The zero-order valence-electron chi connectivity index (χ0n) is 6.20. The Morgan fingerprint density at radius 1 is 1.55 bits per heavy atom. The van der Waals surface area contributed by atoms with Crippen LogP contribution in [-0.2, 0) is 9.59 Å². The molecule has 5 nitrogen and oxygen atoms in total. The summed E-state index contributed by atoms with van der Waals surface area (Å²) in [5.41, 5.74) is 0. The molecule has 0 aliphatic rings. The fourth-order valence-electron chi connectivity index (χ4n) is 0.462. The lowest BCUT2D eigenvalue weighted by atomic mass is 10.4. The van der Waals surface area contributed by atoms with Gasteiger partial charge in [0.1, 0.15) is 6.42 Å². The van der Waals surface area contributed by atoms with Crippen molar-refractivity contribution < 1.29 is 9.59 Å². The SMILES string of the molecule is CCC(=O)N(N)C(=O)CC#N. The van der Waals surface area contributed by atoms with Crippen molar-refractivity contribution in [2.75, 3.05) is 0 Å². The highest BCUT2D eigenvalue weighted by Crippen LogP contribution is 1.90. The highest BCUT2D eigenvalue weighted by molar-refractivity contribution is 5.95. The Morgan fingerprint density at radius 2 is 2.09 bits per heavy atom. The first-order valence-electron chi connectivity index (χ1n) is 3.11. The predicted molar refractivity (Wildman–Crippen MR) is 36.6 cm³/mol. The number of hydrazine groups is 1. The van der Waals surface area contributed by atoms with Gasteiger partial charge in [0.15, 0.2) is 0 Å². The molecule has 0 bridgehead atoms. The van der Waals surface area contributed by atoms with Gasteiger partial charge in [-0.1, -0.05) is 6.92 Å². The molecule has 0 radical (unpaired) electrons. The van der Waals surface area contributed by atoms with Gasteiger partial charge >= 0.3 is 0 Å². The normalized spacial score (nSPS) is 8.45. The van der Waals surface area contributed by atoms with Crippen molar-refractivity contribution in [2.45, 2.75) is 19.8 Å². The number of hydrogen-bond acceptors (Lipinski definition) is 4. The van der Waals surface area contributed by atoms with E-state index in [2.05, 4.69) is 0 Å². The first kappa shape index (κ1) is 9.59. The summed E-state index contributed by atoms with van der Waals surface area (Å²) in [6.07, 6.45) is -0.199. The van der Waals surface area contributed by atoms with Crippen molar-refractivity contribution in [3.63, 3.8) is 0 Å². The Labute approximate surface area is 64.3 Å². The van der Waals surface area contributed by atoms with Gasteiger partial charge in [0.25, 0.3) is 5.91 Å². The van der Waals surface area contributed by atoms with Crippen molar-refractivity contribution in [3.8, 4) is 6.07 Å². The van der Waals surface area contributed by atoms with Crippen LogP contribution in [0.25, 0.3) is 0 Å². The molecule has 5 heteroatoms. The van der Waals surface area contributed by atoms with Gasteiger partial charge in [-0.05, 0) is 0 Å². The Kier molecular flexibility index (Phi) is 3.85. The molecule has 2 N–H and O–H groups in total. The van der Waals surface area contributed by atoms with E-state index in [1.54, 1.807) is 13.0 Å². The van der Waals surface area contributed by atoms with E-state index in [0.29, 0.717) is 5.01 Å². The summed E-state index contributed by atoms with van der Waals surface area (Å²) < 4.78 is 0. The van der Waals surface area contributed by atoms with Crippen molar-refractivity contribution in [2.24, 2.45) is 5.84 Å². The van der Waals surface area contributed by atoms with Crippen LogP contribution in [0, 0.1) is 11.3 Å². The second kappa shape index (κ2) is 4.41. The molecule has 0 unspecified atom stereocenters. The topological polar surface area (TPSA) is 87.2 Å². The smallest absolute Gasteiger partial charge is 0.257 e. The number of carbonyl (C=O) groups excluding carboxylic acids is 2. The van der Waals surface area contributed by atoms with Crippen LogP contribution < -0.4 is 5.84 Å². The quantitative estimate of drug-likeness (QED) is 0.332. The Balaban J connectivity index is 4.04. The molecule has 0 aromatic heterocycles. The minimum absolute atomic E-state index is 0.160. The Morgan fingerprint density at radius 3 is 2.45 bits per heavy atom. The Bertz CT molecular complexity index is 206. The number of rotatable bonds is 2. The summed E-state index contributed by atoms with van der Waals surface area (Å²) in [6.45, 7) is 1.59. The molecule has 0 aliphatic carbocycles. The van der Waals surface area contributed by atoms with Crippen LogP contribution in [-0.4, -0.2) is 16.8 Å². The van der Waals surface area contributed by atoms with E-state index in [1.807, 2.05) is 0 Å². The van der Waals surface area contributed by atoms with E-state index in [0.717, 1.165) is 0 Å². The van der Waals surface area contributed by atoms with E-state index in [1.165, 1.54) is 0 Å². The number of nitriles is 1. The third-order valence-electron chi connectivity index (χ3n) is 1.07. The van der Waals surface area contributed by atoms with E-state index in [4.69, 9.17) is 11.1 Å². The van der Waals surface area contributed by atoms with E-state index < -0.39 is 11.8 Å². The summed E-state index contributed by atoms with van der Waals surface area (Å²) in [5.74, 6) is 3.89. The van der Waals surface area contributed by atoms with Gasteiger partial charge in [-0.25, -0.2) is 10.9 Å². The third kappa shape index (κ3) is 2.78. The standard InChI is InChI=1S/C6H9N3O2/c1-2-5(10)9(8)6(11)3-4-7/h2-3,8H2,1H3. The maximum absolute atomic E-state index is 10.7. The molecule has 60 valence electrons. The maximum Gasteiger partial charge on any atom is 0.257 e. The summed E-state index contributed by atoms with van der Waals surface area (Å²) >= 11 is 0. The lowest BCUT2D eigenvalue weighted by Crippen LogP contribution is -2.41. The Hall–Kier alpha value is -1.41. The van der Waals surface area contributed by atoms with Gasteiger partial charge in [0, 0.05) is 6.42 Å². The second-order valence-electron chi connectivity index (χ2n) is 1.85. The largest absolute Gasteiger partial charge is 0.273 e. The minimum atomic E-state index is -0.667. The number of carbonyl (C=O) groups is 2. The predicted octanol–water partition coefficient (Wildman–Crippen LogP) is -0.461. The van der Waals surface area contributed by atoms with Crippen molar-refractivity contribution in [1.82, 2.24) is 5.01 Å². The van der Waals surface area contributed by atoms with Crippen LogP contribution in [0.3, 0.4) is 0 Å². The molecule has 0 aromatic carbocycles. The van der Waals surface area contributed by atoms with E-state index in [9.17, 15) is 9.59 Å². The monoisotopic (exact) mass is 155 g/mol. The molecule has 0 saturated heterocycles. The number of nitrogens with zero attached hydrogens (tertiary/aromatic N) is 2. The maximum atomic E-state index is 10.7. The number of hydrogen-bond donors (Lipinski definition) is 1. The molecule has 0 heterocycles. The van der Waals surface area contributed by atoms with Crippen LogP contribution in [0.5, 0.6) is 0 Å². The molecule has 0 aromatic rings. The summed E-state index contributed by atoms with van der Waals surface area (Å²) in [6, 6.07) is 1.60. The average molecular weight is 155 g/mol. The first-order valence-corrected chi connectivity index (χ1v) is 3.11. The molecular formula is C6H9N3O2. The fraction of sp³-hybridized carbons (Fsp3) is 0.500. The van der Waals surface area contributed by atoms with Gasteiger partial charge in [0.2, 0.25) is 5.91 Å². The van der Waals surface area contributed by atoms with Crippen molar-refractivity contribution in [3.05, 3.63) is 0 Å². The van der Waals surface area contributed by atoms with E-state index >= 15 is 0 Å². The number of imide groups is 1. The first-order chi connectivity index (χ1) is 5.13. The van der Waals surface area contributed by atoms with E-state index in [-0.39, 0.29) is 12.8 Å². The van der Waals surface area contributed by atoms with Crippen LogP contribution in [0.2, 0.25) is 0 Å². The molecule has 0 atom stereocenters. The third-order valence-corrected chi connectivity index (χ3v) is 1.07. The van der Waals surface area contributed by atoms with Crippen molar-refractivity contribution in [1.29, 1.82) is 5.26 Å². The minimum Gasteiger partial charge on any atom is -0.273 e. The zero-order valence-corrected chi connectivity index (χ0v) is 6.20. The highest BCUT2D eigenvalue weighted by Gasteiger charge is 2.14. The van der Waals surface area contributed by atoms with Crippen molar-refractivity contribution >= 4 is 11.8 Å². The lowest BCUT2D eigenvalue weighted by molar-refractivity contribution is -0.144. The summed E-state index contributed by atoms with van der Waals surface area (Å²) in [5, 5.41) is 8.55. The molecule has 0 aliphatic heterocycles. The second-order valence-corrected chi connectivity index (χ2v) is 1.85. The van der Waals surface area contributed by atoms with Gasteiger partial charge in [-0.3, -0.25) is 9.59 Å². The van der Waals surface area contributed by atoms with Gasteiger partial charge in [-0.15, -0.1) is 0 Å². The van der Waals surface area contributed by atoms with Crippen LogP contribution in [0.1, 0.15) is 19.8 Å². The molecule has 11 heavy (non-hydrogen) atoms. The van der Waals surface area contributed by atoms with Crippen LogP contribution in [0.4, 0.5) is 0 Å². The molecular weight excluding hydrogens is 146 g/mol. The van der Waals surface area contributed by atoms with Crippen LogP contribution in [0.15, 0.2) is 0 Å². The molecule has 2 amide bonds. The summed E-state index contributed by atoms with van der Waals surface area (Å²) in [7, 11) is 0. The lowest BCUT2D eigenvalue weighted by Gasteiger charge is -2.10.